The summed E-state index contributed by atoms with van der Waals surface area (Å²) in [4.78, 5) is 0. The van der Waals surface area contributed by atoms with Crippen molar-refractivity contribution >= 4 is 43.2 Å². The fourth-order valence-corrected chi connectivity index (χ4v) is 4.77. The van der Waals surface area contributed by atoms with E-state index in [1.54, 1.807) is 11.3 Å². The number of hydrogen-bond acceptors (Lipinski definition) is 3. The molecule has 1 N–H and O–H groups in total. The summed E-state index contributed by atoms with van der Waals surface area (Å²) >= 11 is 8.81. The van der Waals surface area contributed by atoms with Crippen LogP contribution in [0.25, 0.3) is 0 Å². The number of halogens is 2. The first-order chi connectivity index (χ1) is 8.17. The minimum atomic E-state index is 0.161. The van der Waals surface area contributed by atoms with Gasteiger partial charge in [-0.3, -0.25) is 4.68 Å². The summed E-state index contributed by atoms with van der Waals surface area (Å²) in [7, 11) is 1.97. The van der Waals surface area contributed by atoms with E-state index in [1.165, 1.54) is 11.3 Å². The van der Waals surface area contributed by atoms with E-state index in [9.17, 15) is 0 Å². The van der Waals surface area contributed by atoms with Gasteiger partial charge in [-0.2, -0.15) is 5.10 Å². The first-order valence-electron chi connectivity index (χ1n) is 5.31. The van der Waals surface area contributed by atoms with E-state index in [1.807, 2.05) is 17.9 Å². The van der Waals surface area contributed by atoms with Gasteiger partial charge in [-0.05, 0) is 58.0 Å². The molecule has 1 unspecified atom stereocenters. The molecule has 0 fully saturated rings. The maximum Gasteiger partial charge on any atom is 0.0765 e. The lowest BCUT2D eigenvalue weighted by Crippen LogP contribution is -2.21. The van der Waals surface area contributed by atoms with Crippen LogP contribution in [0.5, 0.6) is 0 Å². The van der Waals surface area contributed by atoms with E-state index in [0.29, 0.717) is 0 Å². The molecule has 6 heteroatoms. The zero-order chi connectivity index (χ0) is 12.4. The van der Waals surface area contributed by atoms with E-state index in [-0.39, 0.29) is 6.04 Å². The average Bonchev–Trinajstić information content (AvgIpc) is 2.88. The largest absolute Gasteiger partial charge is 0.308 e. The standard InChI is InChI=1S/C11H13Br2N3S/c1-3-16-8(4-5-15-16)10(14-2)7-6-9(12)17-11(7)13/h4-6,10,14H,3H2,1-2H3. The highest BCUT2D eigenvalue weighted by Crippen LogP contribution is 2.37. The molecule has 2 aromatic rings. The summed E-state index contributed by atoms with van der Waals surface area (Å²) in [5.74, 6) is 0. The number of rotatable bonds is 4. The van der Waals surface area contributed by atoms with Crippen LogP contribution >= 0.6 is 43.2 Å². The predicted molar refractivity (Wildman–Crippen MR) is 78.5 cm³/mol. The van der Waals surface area contributed by atoms with Crippen LogP contribution in [-0.4, -0.2) is 16.8 Å². The Morgan fingerprint density at radius 1 is 1.53 bits per heavy atom. The highest BCUT2D eigenvalue weighted by atomic mass is 79.9. The van der Waals surface area contributed by atoms with E-state index in [4.69, 9.17) is 0 Å². The first kappa shape index (κ1) is 13.3. The number of hydrogen-bond donors (Lipinski definition) is 1. The summed E-state index contributed by atoms with van der Waals surface area (Å²) in [6, 6.07) is 4.36. The molecule has 0 aliphatic heterocycles. The molecule has 0 saturated heterocycles. The van der Waals surface area contributed by atoms with E-state index >= 15 is 0 Å². The summed E-state index contributed by atoms with van der Waals surface area (Å²) < 4.78 is 4.29. The smallest absolute Gasteiger partial charge is 0.0765 e. The summed E-state index contributed by atoms with van der Waals surface area (Å²) in [6.45, 7) is 2.98. The van der Waals surface area contributed by atoms with Crippen LogP contribution in [0.1, 0.15) is 24.2 Å². The Kier molecular flexibility index (Phi) is 4.41. The Labute approximate surface area is 121 Å². The third-order valence-electron chi connectivity index (χ3n) is 2.63. The molecule has 0 aliphatic rings. The quantitative estimate of drug-likeness (QED) is 0.876. The highest BCUT2D eigenvalue weighted by molar-refractivity contribution is 9.12. The van der Waals surface area contributed by atoms with Crippen LogP contribution in [0.2, 0.25) is 0 Å². The van der Waals surface area contributed by atoms with Crippen LogP contribution in [0.3, 0.4) is 0 Å². The van der Waals surface area contributed by atoms with Gasteiger partial charge in [0, 0.05) is 18.3 Å². The van der Waals surface area contributed by atoms with Crippen molar-refractivity contribution in [3.8, 4) is 0 Å². The molecule has 2 heterocycles. The Morgan fingerprint density at radius 3 is 2.82 bits per heavy atom. The maximum atomic E-state index is 4.32. The summed E-state index contributed by atoms with van der Waals surface area (Å²) in [5.41, 5.74) is 2.42. The van der Waals surface area contributed by atoms with Gasteiger partial charge in [0.25, 0.3) is 0 Å². The predicted octanol–water partition coefficient (Wildman–Crippen LogP) is 3.80. The first-order valence-corrected chi connectivity index (χ1v) is 7.71. The second-order valence-electron chi connectivity index (χ2n) is 3.57. The minimum absolute atomic E-state index is 0.161. The number of nitrogens with one attached hydrogen (secondary N) is 1. The summed E-state index contributed by atoms with van der Waals surface area (Å²) in [6.07, 6.45) is 1.85. The van der Waals surface area contributed by atoms with Gasteiger partial charge in [0.05, 0.1) is 19.3 Å². The Hall–Kier alpha value is -0.170. The molecule has 0 bridgehead atoms. The second-order valence-corrected chi connectivity index (χ2v) is 7.32. The lowest BCUT2D eigenvalue weighted by molar-refractivity contribution is 0.563. The fraction of sp³-hybridized carbons (Fsp3) is 0.364. The SMILES string of the molecule is CCn1nccc1C(NC)c1cc(Br)sc1Br. The molecular formula is C11H13Br2N3S. The Balaban J connectivity index is 2.43. The zero-order valence-corrected chi connectivity index (χ0v) is 13.6. The molecule has 3 nitrogen and oxygen atoms in total. The van der Waals surface area contributed by atoms with Crippen molar-refractivity contribution in [3.63, 3.8) is 0 Å². The van der Waals surface area contributed by atoms with Gasteiger partial charge < -0.3 is 5.32 Å². The number of aromatic nitrogens is 2. The monoisotopic (exact) mass is 377 g/mol. The summed E-state index contributed by atoms with van der Waals surface area (Å²) in [5, 5.41) is 7.66. The molecular weight excluding hydrogens is 366 g/mol. The molecule has 0 radical (unpaired) electrons. The van der Waals surface area contributed by atoms with Crippen LogP contribution in [0.15, 0.2) is 25.9 Å². The van der Waals surface area contributed by atoms with Crippen molar-refractivity contribution in [3.05, 3.63) is 37.2 Å². The van der Waals surface area contributed by atoms with Gasteiger partial charge in [-0.25, -0.2) is 0 Å². The lowest BCUT2D eigenvalue weighted by atomic mass is 10.1. The van der Waals surface area contributed by atoms with Crippen molar-refractivity contribution in [1.29, 1.82) is 0 Å². The molecule has 2 aromatic heterocycles. The molecule has 0 amide bonds. The van der Waals surface area contributed by atoms with Crippen molar-refractivity contribution < 1.29 is 0 Å². The molecule has 0 aromatic carbocycles. The lowest BCUT2D eigenvalue weighted by Gasteiger charge is -2.17. The van der Waals surface area contributed by atoms with Gasteiger partial charge in [0.2, 0.25) is 0 Å². The van der Waals surface area contributed by atoms with Gasteiger partial charge in [0.15, 0.2) is 0 Å². The third-order valence-corrected chi connectivity index (χ3v) is 5.01. The Bertz CT molecular complexity index is 507. The normalized spacial score (nSPS) is 12.9. The number of nitrogens with zero attached hydrogens (tertiary/aromatic N) is 2. The van der Waals surface area contributed by atoms with Gasteiger partial charge in [-0.1, -0.05) is 0 Å². The van der Waals surface area contributed by atoms with E-state index < -0.39 is 0 Å². The number of aryl methyl sites for hydroxylation is 1. The molecule has 2 rings (SSSR count). The topological polar surface area (TPSA) is 29.9 Å². The highest BCUT2D eigenvalue weighted by Gasteiger charge is 2.20. The molecule has 1 atom stereocenters. The van der Waals surface area contributed by atoms with E-state index in [0.717, 1.165) is 14.1 Å². The van der Waals surface area contributed by atoms with Crippen LogP contribution in [0, 0.1) is 0 Å². The van der Waals surface area contributed by atoms with Gasteiger partial charge in [-0.15, -0.1) is 11.3 Å². The van der Waals surface area contributed by atoms with Gasteiger partial charge >= 0.3 is 0 Å². The number of thiophene rings is 1. The Morgan fingerprint density at radius 2 is 2.29 bits per heavy atom. The molecule has 17 heavy (non-hydrogen) atoms. The van der Waals surface area contributed by atoms with Crippen molar-refractivity contribution in [2.45, 2.75) is 19.5 Å². The van der Waals surface area contributed by atoms with Crippen molar-refractivity contribution in [1.82, 2.24) is 15.1 Å². The van der Waals surface area contributed by atoms with Crippen LogP contribution in [0.4, 0.5) is 0 Å². The second kappa shape index (κ2) is 5.65. The van der Waals surface area contributed by atoms with Crippen molar-refractivity contribution in [2.24, 2.45) is 0 Å². The van der Waals surface area contributed by atoms with Crippen LogP contribution in [-0.2, 0) is 6.54 Å². The zero-order valence-electron chi connectivity index (χ0n) is 9.58. The third kappa shape index (κ3) is 2.65. The average molecular weight is 379 g/mol. The van der Waals surface area contributed by atoms with E-state index in [2.05, 4.69) is 61.3 Å². The van der Waals surface area contributed by atoms with Gasteiger partial charge in [0.1, 0.15) is 0 Å². The van der Waals surface area contributed by atoms with Crippen molar-refractivity contribution in [2.75, 3.05) is 7.05 Å². The molecule has 0 saturated carbocycles. The molecule has 0 spiro atoms. The molecule has 92 valence electrons. The maximum absolute atomic E-state index is 4.32. The fourth-order valence-electron chi connectivity index (χ4n) is 1.86. The minimum Gasteiger partial charge on any atom is -0.308 e. The van der Waals surface area contributed by atoms with Crippen LogP contribution < -0.4 is 5.32 Å². The molecule has 0 aliphatic carbocycles.